The smallest absolute Gasteiger partial charge is 0.321 e. The molecule has 0 aliphatic heterocycles. The highest BCUT2D eigenvalue weighted by molar-refractivity contribution is 7.89. The lowest BCUT2D eigenvalue weighted by Gasteiger charge is -2.09. The van der Waals surface area contributed by atoms with Crippen molar-refractivity contribution in [3.05, 3.63) is 59.9 Å². The molecule has 0 atom stereocenters. The molecule has 0 saturated carbocycles. The van der Waals surface area contributed by atoms with Crippen LogP contribution in [0.5, 0.6) is 5.75 Å². The second-order valence-corrected chi connectivity index (χ2v) is 6.75. The monoisotopic (exact) mass is 378 g/mol. The minimum Gasteiger partial charge on any atom is -0.490 e. The topological polar surface area (TPSA) is 105 Å². The first kappa shape index (κ1) is 19.4. The molecule has 0 unspecified atom stereocenters. The Kier molecular flexibility index (Phi) is 6.66. The van der Waals surface area contributed by atoms with E-state index in [1.807, 2.05) is 6.07 Å². The number of esters is 1. The van der Waals surface area contributed by atoms with Gasteiger partial charge in [0.05, 0.1) is 16.5 Å². The van der Waals surface area contributed by atoms with Gasteiger partial charge in [0.1, 0.15) is 31.3 Å². The van der Waals surface area contributed by atoms with Gasteiger partial charge in [-0.25, -0.2) is 12.8 Å². The van der Waals surface area contributed by atoms with E-state index in [1.54, 1.807) is 0 Å². The maximum Gasteiger partial charge on any atom is 0.321 e. The summed E-state index contributed by atoms with van der Waals surface area (Å²) in [4.78, 5) is 11.5. The summed E-state index contributed by atoms with van der Waals surface area (Å²) in [5.41, 5.74) is 0.324. The zero-order valence-electron chi connectivity index (χ0n) is 13.5. The molecule has 2 aromatic carbocycles. The second kappa shape index (κ2) is 8.94. The van der Waals surface area contributed by atoms with E-state index in [1.165, 1.54) is 48.5 Å². The Balaban J connectivity index is 1.73. The van der Waals surface area contributed by atoms with Gasteiger partial charge in [-0.3, -0.25) is 4.79 Å². The Morgan fingerprint density at radius 3 is 2.35 bits per heavy atom. The van der Waals surface area contributed by atoms with E-state index in [2.05, 4.69) is 4.72 Å². The molecule has 0 heterocycles. The predicted octanol–water partition coefficient (Wildman–Crippen LogP) is 1.60. The Labute approximate surface area is 150 Å². The van der Waals surface area contributed by atoms with Crippen molar-refractivity contribution in [1.29, 1.82) is 5.26 Å². The van der Waals surface area contributed by atoms with Gasteiger partial charge >= 0.3 is 5.97 Å². The first-order valence-corrected chi connectivity index (χ1v) is 8.93. The summed E-state index contributed by atoms with van der Waals surface area (Å²) < 4.78 is 49.0. The van der Waals surface area contributed by atoms with Gasteiger partial charge in [-0.05, 0) is 48.5 Å². The maximum atomic E-state index is 12.7. The van der Waals surface area contributed by atoms with Crippen molar-refractivity contribution in [1.82, 2.24) is 4.72 Å². The number of carbonyl (C=O) groups excluding carboxylic acids is 1. The van der Waals surface area contributed by atoms with Crippen LogP contribution in [-0.4, -0.2) is 34.1 Å². The number of nitrogens with one attached hydrogen (secondary N) is 1. The van der Waals surface area contributed by atoms with Crippen LogP contribution in [0.4, 0.5) is 4.39 Å². The fourth-order valence-corrected chi connectivity index (χ4v) is 2.81. The highest BCUT2D eigenvalue weighted by Gasteiger charge is 2.16. The van der Waals surface area contributed by atoms with Crippen molar-refractivity contribution < 1.29 is 27.1 Å². The molecule has 0 fully saturated rings. The van der Waals surface area contributed by atoms with Crippen LogP contribution >= 0.6 is 0 Å². The molecule has 0 saturated heterocycles. The van der Waals surface area contributed by atoms with Gasteiger partial charge in [0, 0.05) is 0 Å². The third kappa shape index (κ3) is 5.84. The summed E-state index contributed by atoms with van der Waals surface area (Å²) in [5, 5.41) is 8.69. The number of ether oxygens (including phenoxy) is 2. The Morgan fingerprint density at radius 2 is 1.73 bits per heavy atom. The molecule has 0 spiro atoms. The van der Waals surface area contributed by atoms with Crippen LogP contribution in [0.2, 0.25) is 0 Å². The normalized spacial score (nSPS) is 10.8. The van der Waals surface area contributed by atoms with Gasteiger partial charge < -0.3 is 9.47 Å². The van der Waals surface area contributed by atoms with E-state index in [0.717, 1.165) is 0 Å². The Morgan fingerprint density at radius 1 is 1.08 bits per heavy atom. The fourth-order valence-electron chi connectivity index (χ4n) is 1.84. The lowest BCUT2D eigenvalue weighted by molar-refractivity contribution is -0.142. The van der Waals surface area contributed by atoms with E-state index < -0.39 is 28.4 Å². The lowest BCUT2D eigenvalue weighted by atomic mass is 10.2. The molecule has 0 bridgehead atoms. The number of benzene rings is 2. The largest absolute Gasteiger partial charge is 0.490 e. The lowest BCUT2D eigenvalue weighted by Crippen LogP contribution is -2.31. The molecule has 0 aliphatic carbocycles. The van der Waals surface area contributed by atoms with Crippen LogP contribution in [-0.2, 0) is 19.6 Å². The zero-order valence-corrected chi connectivity index (χ0v) is 14.3. The van der Waals surface area contributed by atoms with Gasteiger partial charge in [0.2, 0.25) is 10.0 Å². The Hall–Kier alpha value is -2.96. The van der Waals surface area contributed by atoms with Crippen molar-refractivity contribution in [3.8, 4) is 11.8 Å². The summed E-state index contributed by atoms with van der Waals surface area (Å²) in [6.45, 7) is -0.590. The molecular weight excluding hydrogens is 363 g/mol. The van der Waals surface area contributed by atoms with E-state index >= 15 is 0 Å². The highest BCUT2D eigenvalue weighted by Crippen LogP contribution is 2.11. The predicted molar refractivity (Wildman–Crippen MR) is 89.2 cm³/mol. The molecule has 2 rings (SSSR count). The first-order valence-electron chi connectivity index (χ1n) is 7.44. The molecular formula is C17H15FN2O5S. The summed E-state index contributed by atoms with van der Waals surface area (Å²) in [6, 6.07) is 12.5. The molecule has 0 radical (unpaired) electrons. The molecule has 0 amide bonds. The van der Waals surface area contributed by atoms with Crippen LogP contribution in [0.15, 0.2) is 53.4 Å². The molecule has 26 heavy (non-hydrogen) atoms. The minimum atomic E-state index is -3.88. The van der Waals surface area contributed by atoms with Gasteiger partial charge in [0.15, 0.2) is 0 Å². The molecule has 136 valence electrons. The summed E-state index contributed by atoms with van der Waals surface area (Å²) in [7, 11) is -3.88. The average Bonchev–Trinajstić information content (AvgIpc) is 2.65. The second-order valence-electron chi connectivity index (χ2n) is 4.98. The molecule has 9 heteroatoms. The van der Waals surface area contributed by atoms with E-state index in [9.17, 15) is 17.6 Å². The van der Waals surface area contributed by atoms with Crippen molar-refractivity contribution >= 4 is 16.0 Å². The molecule has 0 aliphatic rings. The molecule has 7 nitrogen and oxygen atoms in total. The fraction of sp³-hybridized carbons (Fsp3) is 0.176. The molecule has 0 aromatic heterocycles. The zero-order chi connectivity index (χ0) is 19.0. The quantitative estimate of drug-likeness (QED) is 0.552. The van der Waals surface area contributed by atoms with Gasteiger partial charge in [-0.2, -0.15) is 9.98 Å². The van der Waals surface area contributed by atoms with Crippen LogP contribution in [0.25, 0.3) is 0 Å². The summed E-state index contributed by atoms with van der Waals surface area (Å²) >= 11 is 0. The third-order valence-electron chi connectivity index (χ3n) is 3.13. The molecule has 2 aromatic rings. The van der Waals surface area contributed by atoms with Crippen LogP contribution in [0, 0.1) is 17.1 Å². The number of hydrogen-bond acceptors (Lipinski definition) is 6. The summed E-state index contributed by atoms with van der Waals surface area (Å²) in [5.74, 6) is -0.743. The highest BCUT2D eigenvalue weighted by atomic mass is 32.2. The van der Waals surface area contributed by atoms with Crippen molar-refractivity contribution in [3.63, 3.8) is 0 Å². The number of nitriles is 1. The van der Waals surface area contributed by atoms with Crippen molar-refractivity contribution in [2.75, 3.05) is 19.8 Å². The Bertz CT molecular complexity index is 890. The minimum absolute atomic E-state index is 0.0414. The van der Waals surface area contributed by atoms with Crippen molar-refractivity contribution in [2.24, 2.45) is 0 Å². The standard InChI is InChI=1S/C17H15FN2O5S/c18-14-3-5-15(6-4-14)24-9-10-25-17(21)12-20-26(22,23)16-7-1-13(11-19)2-8-16/h1-8,20H,9-10,12H2. The van der Waals surface area contributed by atoms with Crippen LogP contribution in [0.1, 0.15) is 5.56 Å². The maximum absolute atomic E-state index is 12.7. The number of carbonyl (C=O) groups is 1. The average molecular weight is 378 g/mol. The number of sulfonamides is 1. The molecule has 1 N–H and O–H groups in total. The van der Waals surface area contributed by atoms with E-state index in [4.69, 9.17) is 14.7 Å². The van der Waals surface area contributed by atoms with Gasteiger partial charge in [0.25, 0.3) is 0 Å². The van der Waals surface area contributed by atoms with Gasteiger partial charge in [-0.1, -0.05) is 0 Å². The number of halogens is 1. The first-order chi connectivity index (χ1) is 12.4. The number of nitrogens with zero attached hydrogens (tertiary/aromatic N) is 1. The van der Waals surface area contributed by atoms with E-state index in [0.29, 0.717) is 11.3 Å². The summed E-state index contributed by atoms with van der Waals surface area (Å²) in [6.07, 6.45) is 0. The number of rotatable bonds is 8. The SMILES string of the molecule is N#Cc1ccc(S(=O)(=O)NCC(=O)OCCOc2ccc(F)cc2)cc1. The van der Waals surface area contributed by atoms with Crippen LogP contribution in [0.3, 0.4) is 0 Å². The third-order valence-corrected chi connectivity index (χ3v) is 4.55. The number of hydrogen-bond donors (Lipinski definition) is 1. The van der Waals surface area contributed by atoms with Crippen molar-refractivity contribution in [2.45, 2.75) is 4.90 Å². The van der Waals surface area contributed by atoms with Crippen LogP contribution < -0.4 is 9.46 Å². The van der Waals surface area contributed by atoms with E-state index in [-0.39, 0.29) is 18.1 Å². The van der Waals surface area contributed by atoms with Gasteiger partial charge in [-0.15, -0.1) is 0 Å².